The van der Waals surface area contributed by atoms with Gasteiger partial charge in [0.25, 0.3) is 0 Å². The van der Waals surface area contributed by atoms with E-state index in [2.05, 4.69) is 30.3 Å². The quantitative estimate of drug-likeness (QED) is 0.606. The van der Waals surface area contributed by atoms with Gasteiger partial charge in [-0.1, -0.05) is 55.3 Å². The molecule has 1 heteroatoms. The van der Waals surface area contributed by atoms with Gasteiger partial charge in [0, 0.05) is 0 Å². The molecule has 2 aromatic rings. The summed E-state index contributed by atoms with van der Waals surface area (Å²) in [4.78, 5) is 0. The lowest BCUT2D eigenvalue weighted by Crippen LogP contribution is -1.88. The van der Waals surface area contributed by atoms with E-state index < -0.39 is 0 Å². The van der Waals surface area contributed by atoms with E-state index in [1.54, 1.807) is 12.1 Å². The van der Waals surface area contributed by atoms with Crippen LogP contribution in [-0.2, 0) is 17.9 Å². The van der Waals surface area contributed by atoms with E-state index in [0.29, 0.717) is 0 Å². The zero-order chi connectivity index (χ0) is 13.3. The van der Waals surface area contributed by atoms with Crippen LogP contribution >= 0.6 is 0 Å². The number of hydrogen-bond donors (Lipinski definition) is 0. The van der Waals surface area contributed by atoms with Gasteiger partial charge >= 0.3 is 0 Å². The maximum Gasteiger partial charge on any atom is 0.178 e. The number of hydrogen-bond acceptors (Lipinski definition) is 0. The van der Waals surface area contributed by atoms with Crippen molar-refractivity contribution in [1.82, 2.24) is 0 Å². The molecular formula is C18H21O. The standard InChI is InChI=1S/C18H21O/c19-18-14-8-13-17(15-18)12-5-2-1-4-9-16-10-6-3-7-11-16/h3,6-8,10-11,13-15H,1-2,4-5,9,12H2. The predicted molar refractivity (Wildman–Crippen MR) is 78.9 cm³/mol. The first-order valence-electron chi connectivity index (χ1n) is 7.14. The van der Waals surface area contributed by atoms with Crippen molar-refractivity contribution in [2.75, 3.05) is 0 Å². The van der Waals surface area contributed by atoms with Crippen LogP contribution in [0.25, 0.3) is 0 Å². The Hall–Kier alpha value is -1.76. The fourth-order valence-corrected chi connectivity index (χ4v) is 2.36. The Kier molecular flexibility index (Phi) is 5.49. The first kappa shape index (κ1) is 13.7. The highest BCUT2D eigenvalue weighted by molar-refractivity contribution is 5.26. The van der Waals surface area contributed by atoms with Gasteiger partial charge in [0.2, 0.25) is 0 Å². The number of unbranched alkanes of at least 4 members (excludes halogenated alkanes) is 3. The molecule has 0 saturated heterocycles. The topological polar surface area (TPSA) is 19.9 Å². The lowest BCUT2D eigenvalue weighted by Gasteiger charge is -2.03. The highest BCUT2D eigenvalue weighted by Crippen LogP contribution is 2.15. The third-order valence-electron chi connectivity index (χ3n) is 3.42. The van der Waals surface area contributed by atoms with Gasteiger partial charge in [-0.25, -0.2) is 0 Å². The van der Waals surface area contributed by atoms with Crippen LogP contribution in [0.4, 0.5) is 0 Å². The zero-order valence-electron chi connectivity index (χ0n) is 11.3. The molecule has 0 aromatic heterocycles. The Bertz CT molecular complexity index is 476. The Balaban J connectivity index is 1.58. The van der Waals surface area contributed by atoms with E-state index in [1.807, 2.05) is 12.1 Å². The van der Waals surface area contributed by atoms with Crippen molar-refractivity contribution in [3.05, 3.63) is 65.7 Å². The third-order valence-corrected chi connectivity index (χ3v) is 3.42. The van der Waals surface area contributed by atoms with Gasteiger partial charge < -0.3 is 0 Å². The van der Waals surface area contributed by atoms with E-state index in [9.17, 15) is 5.11 Å². The lowest BCUT2D eigenvalue weighted by molar-refractivity contribution is 0.354. The molecule has 0 spiro atoms. The van der Waals surface area contributed by atoms with Gasteiger partial charge in [-0.15, -0.1) is 0 Å². The zero-order valence-corrected chi connectivity index (χ0v) is 11.3. The van der Waals surface area contributed by atoms with Crippen LogP contribution in [-0.4, -0.2) is 0 Å². The van der Waals surface area contributed by atoms with Gasteiger partial charge in [-0.05, 0) is 48.9 Å². The summed E-state index contributed by atoms with van der Waals surface area (Å²) in [5.74, 6) is 0.126. The summed E-state index contributed by atoms with van der Waals surface area (Å²) in [6.07, 6.45) is 7.16. The van der Waals surface area contributed by atoms with Crippen LogP contribution < -0.4 is 0 Å². The maximum atomic E-state index is 11.2. The molecule has 0 bridgehead atoms. The molecule has 1 nitrogen and oxygen atoms in total. The number of aryl methyl sites for hydroxylation is 2. The van der Waals surface area contributed by atoms with Crippen molar-refractivity contribution in [3.8, 4) is 5.75 Å². The summed E-state index contributed by atoms with van der Waals surface area (Å²) in [6.45, 7) is 0. The van der Waals surface area contributed by atoms with Crippen LogP contribution in [0.5, 0.6) is 5.75 Å². The molecule has 0 unspecified atom stereocenters. The van der Waals surface area contributed by atoms with Gasteiger partial charge in [0.15, 0.2) is 5.75 Å². The minimum Gasteiger partial charge on any atom is -0.290 e. The second-order valence-electron chi connectivity index (χ2n) is 5.05. The summed E-state index contributed by atoms with van der Waals surface area (Å²) in [7, 11) is 0. The highest BCUT2D eigenvalue weighted by atomic mass is 16.3. The van der Waals surface area contributed by atoms with Gasteiger partial charge in [-0.2, -0.15) is 0 Å². The van der Waals surface area contributed by atoms with Gasteiger partial charge in [0.05, 0.1) is 0 Å². The van der Waals surface area contributed by atoms with Crippen LogP contribution in [0.1, 0.15) is 36.8 Å². The first-order chi connectivity index (χ1) is 9.34. The summed E-state index contributed by atoms with van der Waals surface area (Å²) >= 11 is 0. The Morgan fingerprint density at radius 3 is 1.95 bits per heavy atom. The van der Waals surface area contributed by atoms with Crippen LogP contribution in [0.2, 0.25) is 0 Å². The summed E-state index contributed by atoms with van der Waals surface area (Å²) in [5, 5.41) is 11.2. The summed E-state index contributed by atoms with van der Waals surface area (Å²) in [5.41, 5.74) is 2.61. The minimum absolute atomic E-state index is 0.126. The Morgan fingerprint density at radius 1 is 0.632 bits per heavy atom. The molecular weight excluding hydrogens is 232 g/mol. The van der Waals surface area contributed by atoms with Crippen LogP contribution in [0.15, 0.2) is 54.6 Å². The second kappa shape index (κ2) is 7.63. The van der Waals surface area contributed by atoms with E-state index >= 15 is 0 Å². The molecule has 0 fully saturated rings. The van der Waals surface area contributed by atoms with E-state index in [4.69, 9.17) is 0 Å². The fourth-order valence-electron chi connectivity index (χ4n) is 2.36. The molecule has 2 rings (SSSR count). The average Bonchev–Trinajstić information content (AvgIpc) is 2.44. The van der Waals surface area contributed by atoms with Gasteiger partial charge in [-0.3, -0.25) is 5.11 Å². The molecule has 99 valence electrons. The molecule has 0 aliphatic carbocycles. The van der Waals surface area contributed by atoms with Crippen LogP contribution in [0, 0.1) is 0 Å². The fraction of sp³-hybridized carbons (Fsp3) is 0.333. The molecule has 0 aliphatic rings. The predicted octanol–water partition coefficient (Wildman–Crippen LogP) is 5.18. The Labute approximate surface area is 115 Å². The van der Waals surface area contributed by atoms with Crippen molar-refractivity contribution < 1.29 is 5.11 Å². The highest BCUT2D eigenvalue weighted by Gasteiger charge is 1.97. The molecule has 0 heterocycles. The average molecular weight is 253 g/mol. The first-order valence-corrected chi connectivity index (χ1v) is 7.14. The van der Waals surface area contributed by atoms with Crippen LogP contribution in [0.3, 0.4) is 0 Å². The van der Waals surface area contributed by atoms with E-state index in [1.165, 1.54) is 43.2 Å². The smallest absolute Gasteiger partial charge is 0.178 e. The molecule has 0 atom stereocenters. The maximum absolute atomic E-state index is 11.2. The molecule has 0 aliphatic heterocycles. The molecule has 2 aromatic carbocycles. The Morgan fingerprint density at radius 2 is 1.26 bits per heavy atom. The number of benzene rings is 2. The van der Waals surface area contributed by atoms with Crippen molar-refractivity contribution in [3.63, 3.8) is 0 Å². The second-order valence-corrected chi connectivity index (χ2v) is 5.05. The molecule has 1 radical (unpaired) electrons. The molecule has 19 heavy (non-hydrogen) atoms. The third kappa shape index (κ3) is 5.17. The van der Waals surface area contributed by atoms with Crippen molar-refractivity contribution in [2.24, 2.45) is 0 Å². The van der Waals surface area contributed by atoms with Gasteiger partial charge in [0.1, 0.15) is 0 Å². The molecule has 0 saturated carbocycles. The molecule has 0 amide bonds. The normalized spacial score (nSPS) is 10.5. The lowest BCUT2D eigenvalue weighted by atomic mass is 10.0. The van der Waals surface area contributed by atoms with Crippen molar-refractivity contribution in [2.45, 2.75) is 38.5 Å². The van der Waals surface area contributed by atoms with E-state index in [-0.39, 0.29) is 5.75 Å². The largest absolute Gasteiger partial charge is 0.290 e. The number of rotatable bonds is 7. The van der Waals surface area contributed by atoms with Crippen molar-refractivity contribution in [1.29, 1.82) is 0 Å². The summed E-state index contributed by atoms with van der Waals surface area (Å²) < 4.78 is 0. The minimum atomic E-state index is 0.126. The monoisotopic (exact) mass is 253 g/mol. The van der Waals surface area contributed by atoms with E-state index in [0.717, 1.165) is 6.42 Å². The SMILES string of the molecule is [O]c1cccc(CCCCCCc2ccccc2)c1. The molecule has 0 N–H and O–H groups in total. The summed E-state index contributed by atoms with van der Waals surface area (Å²) in [6, 6.07) is 17.9. The van der Waals surface area contributed by atoms with Crippen molar-refractivity contribution >= 4 is 0 Å².